The van der Waals surface area contributed by atoms with Crippen molar-refractivity contribution in [3.8, 4) is 5.75 Å². The standard InChI is InChI=1S/C15H12NO3/c1-18-10-4-6-14-12(8-10)11-7-9(15(17)19-2)3-5-13(11)16-14/h3-4,6-8,16H,1-2H3. The van der Waals surface area contributed by atoms with E-state index in [9.17, 15) is 4.79 Å². The number of H-pyrrole nitrogens is 1. The van der Waals surface area contributed by atoms with Crippen LogP contribution in [0.3, 0.4) is 0 Å². The van der Waals surface area contributed by atoms with Crippen molar-refractivity contribution in [2.75, 3.05) is 14.2 Å². The molecule has 19 heavy (non-hydrogen) atoms. The maximum atomic E-state index is 11.6. The lowest BCUT2D eigenvalue weighted by atomic mass is 10.1. The summed E-state index contributed by atoms with van der Waals surface area (Å²) in [5, 5.41) is 1.92. The minimum absolute atomic E-state index is 0.365. The highest BCUT2D eigenvalue weighted by Gasteiger charge is 2.10. The first kappa shape index (κ1) is 11.6. The molecule has 4 heteroatoms. The third-order valence-corrected chi connectivity index (χ3v) is 3.14. The zero-order valence-electron chi connectivity index (χ0n) is 10.6. The van der Waals surface area contributed by atoms with Crippen molar-refractivity contribution < 1.29 is 14.3 Å². The van der Waals surface area contributed by atoms with Gasteiger partial charge in [0.05, 0.1) is 25.3 Å². The van der Waals surface area contributed by atoms with Crippen molar-refractivity contribution in [2.45, 2.75) is 0 Å². The molecular weight excluding hydrogens is 242 g/mol. The van der Waals surface area contributed by atoms with Gasteiger partial charge in [-0.2, -0.15) is 0 Å². The highest BCUT2D eigenvalue weighted by atomic mass is 16.5. The highest BCUT2D eigenvalue weighted by molar-refractivity contribution is 6.09. The molecule has 0 fully saturated rings. The molecule has 0 unspecified atom stereocenters. The fourth-order valence-corrected chi connectivity index (χ4v) is 2.17. The van der Waals surface area contributed by atoms with E-state index in [1.807, 2.05) is 18.2 Å². The van der Waals surface area contributed by atoms with E-state index in [0.717, 1.165) is 27.6 Å². The lowest BCUT2D eigenvalue weighted by Gasteiger charge is -2.00. The lowest BCUT2D eigenvalue weighted by Crippen LogP contribution is -2.00. The summed E-state index contributed by atoms with van der Waals surface area (Å²) in [5.41, 5.74) is 2.32. The van der Waals surface area contributed by atoms with Crippen LogP contribution in [-0.2, 0) is 4.74 Å². The van der Waals surface area contributed by atoms with Gasteiger partial charge in [-0.3, -0.25) is 0 Å². The fraction of sp³-hybridized carbons (Fsp3) is 0.133. The molecule has 0 bridgehead atoms. The summed E-state index contributed by atoms with van der Waals surface area (Å²) in [6, 6.07) is 12.3. The first-order valence-corrected chi connectivity index (χ1v) is 5.82. The Balaban J connectivity index is 2.30. The second-order valence-corrected chi connectivity index (χ2v) is 4.21. The van der Waals surface area contributed by atoms with E-state index in [-0.39, 0.29) is 5.97 Å². The van der Waals surface area contributed by atoms with E-state index in [2.05, 4.69) is 11.1 Å². The normalized spacial score (nSPS) is 10.8. The average Bonchev–Trinajstić information content (AvgIpc) is 2.83. The number of carbonyl (C=O) groups is 1. The van der Waals surface area contributed by atoms with Gasteiger partial charge in [0.15, 0.2) is 0 Å². The number of hydrogen-bond donors (Lipinski definition) is 1. The second-order valence-electron chi connectivity index (χ2n) is 4.21. The molecule has 0 spiro atoms. The molecule has 0 amide bonds. The largest absolute Gasteiger partial charge is 0.497 e. The SMILES string of the molecule is COC(=O)c1c[c]c2[nH]c3ccc(OC)cc3c2c1. The van der Waals surface area contributed by atoms with Gasteiger partial charge in [-0.1, -0.05) is 0 Å². The molecule has 0 aliphatic carbocycles. The molecular formula is C15H12NO3. The van der Waals surface area contributed by atoms with Gasteiger partial charge in [-0.05, 0) is 30.3 Å². The van der Waals surface area contributed by atoms with E-state index >= 15 is 0 Å². The molecule has 2 aromatic carbocycles. The number of rotatable bonds is 2. The van der Waals surface area contributed by atoms with Crippen LogP contribution in [0.4, 0.5) is 0 Å². The van der Waals surface area contributed by atoms with Crippen molar-refractivity contribution in [1.82, 2.24) is 4.98 Å². The summed E-state index contributed by atoms with van der Waals surface area (Å²) < 4.78 is 9.95. The van der Waals surface area contributed by atoms with Crippen LogP contribution in [0.25, 0.3) is 21.8 Å². The number of esters is 1. The molecule has 0 saturated heterocycles. The molecule has 0 saturated carbocycles. The van der Waals surface area contributed by atoms with Gasteiger partial charge in [-0.15, -0.1) is 0 Å². The second kappa shape index (κ2) is 4.31. The van der Waals surface area contributed by atoms with Gasteiger partial charge in [0.25, 0.3) is 0 Å². The van der Waals surface area contributed by atoms with Gasteiger partial charge in [0.2, 0.25) is 0 Å². The summed E-state index contributed by atoms with van der Waals surface area (Å²) >= 11 is 0. The number of nitrogens with one attached hydrogen (secondary N) is 1. The van der Waals surface area contributed by atoms with Gasteiger partial charge in [-0.25, -0.2) is 4.79 Å². The number of fused-ring (bicyclic) bond motifs is 3. The zero-order valence-corrected chi connectivity index (χ0v) is 10.6. The maximum Gasteiger partial charge on any atom is 0.337 e. The third-order valence-electron chi connectivity index (χ3n) is 3.14. The number of hydrogen-bond acceptors (Lipinski definition) is 3. The summed E-state index contributed by atoms with van der Waals surface area (Å²) in [7, 11) is 2.99. The summed E-state index contributed by atoms with van der Waals surface area (Å²) in [4.78, 5) is 14.8. The summed E-state index contributed by atoms with van der Waals surface area (Å²) in [6.45, 7) is 0. The molecule has 95 valence electrons. The monoisotopic (exact) mass is 254 g/mol. The van der Waals surface area contributed by atoms with Crippen molar-refractivity contribution >= 4 is 27.8 Å². The fourth-order valence-electron chi connectivity index (χ4n) is 2.17. The van der Waals surface area contributed by atoms with Crippen LogP contribution in [0, 0.1) is 6.07 Å². The van der Waals surface area contributed by atoms with E-state index in [0.29, 0.717) is 5.56 Å². The lowest BCUT2D eigenvalue weighted by molar-refractivity contribution is 0.0601. The minimum Gasteiger partial charge on any atom is -0.497 e. The number of carbonyl (C=O) groups excluding carboxylic acids is 1. The Morgan fingerprint density at radius 3 is 2.79 bits per heavy atom. The smallest absolute Gasteiger partial charge is 0.337 e. The third kappa shape index (κ3) is 1.81. The molecule has 1 aromatic heterocycles. The number of aromatic amines is 1. The average molecular weight is 254 g/mol. The Hall–Kier alpha value is -2.49. The number of benzene rings is 2. The summed E-state index contributed by atoms with van der Waals surface area (Å²) in [5.74, 6) is 0.410. The van der Waals surface area contributed by atoms with Crippen LogP contribution >= 0.6 is 0 Å². The van der Waals surface area contributed by atoms with Gasteiger partial charge in [0, 0.05) is 22.4 Å². The topological polar surface area (TPSA) is 51.3 Å². The van der Waals surface area contributed by atoms with Crippen LogP contribution in [0.15, 0.2) is 30.3 Å². The Labute approximate surface area is 109 Å². The van der Waals surface area contributed by atoms with Crippen LogP contribution in [0.1, 0.15) is 10.4 Å². The molecule has 0 atom stereocenters. The van der Waals surface area contributed by atoms with E-state index < -0.39 is 0 Å². The highest BCUT2D eigenvalue weighted by Crippen LogP contribution is 2.29. The molecule has 4 nitrogen and oxygen atoms in total. The minimum atomic E-state index is -0.365. The Bertz CT molecular complexity index is 774. The molecule has 3 rings (SSSR count). The van der Waals surface area contributed by atoms with Crippen molar-refractivity contribution in [1.29, 1.82) is 0 Å². The van der Waals surface area contributed by atoms with Crippen molar-refractivity contribution in [3.63, 3.8) is 0 Å². The Morgan fingerprint density at radius 1 is 1.21 bits per heavy atom. The summed E-state index contributed by atoms with van der Waals surface area (Å²) in [6.07, 6.45) is 0. The quantitative estimate of drug-likeness (QED) is 0.715. The van der Waals surface area contributed by atoms with Crippen molar-refractivity contribution in [3.05, 3.63) is 42.0 Å². The molecule has 0 aliphatic heterocycles. The van der Waals surface area contributed by atoms with Crippen LogP contribution in [0.5, 0.6) is 5.75 Å². The zero-order chi connectivity index (χ0) is 13.4. The first-order chi connectivity index (χ1) is 9.22. The molecule has 0 aliphatic rings. The van der Waals surface area contributed by atoms with E-state index in [4.69, 9.17) is 9.47 Å². The predicted octanol–water partition coefficient (Wildman–Crippen LogP) is 2.92. The maximum absolute atomic E-state index is 11.6. The van der Waals surface area contributed by atoms with E-state index in [1.54, 1.807) is 19.2 Å². The Kier molecular flexibility index (Phi) is 2.63. The number of methoxy groups -OCH3 is 2. The van der Waals surface area contributed by atoms with Gasteiger partial charge in [0.1, 0.15) is 5.75 Å². The molecule has 1 radical (unpaired) electrons. The Morgan fingerprint density at radius 2 is 2.05 bits per heavy atom. The van der Waals surface area contributed by atoms with E-state index in [1.165, 1.54) is 7.11 Å². The molecule has 1 heterocycles. The van der Waals surface area contributed by atoms with Crippen LogP contribution in [0.2, 0.25) is 0 Å². The van der Waals surface area contributed by atoms with Crippen LogP contribution in [-0.4, -0.2) is 25.2 Å². The van der Waals surface area contributed by atoms with Crippen LogP contribution < -0.4 is 4.74 Å². The number of aromatic nitrogens is 1. The van der Waals surface area contributed by atoms with Crippen molar-refractivity contribution in [2.24, 2.45) is 0 Å². The van der Waals surface area contributed by atoms with Gasteiger partial charge >= 0.3 is 5.97 Å². The molecule has 3 aromatic rings. The first-order valence-electron chi connectivity index (χ1n) is 5.82. The molecule has 1 N–H and O–H groups in total. The number of ether oxygens (including phenoxy) is 2. The predicted molar refractivity (Wildman–Crippen MR) is 72.5 cm³/mol. The van der Waals surface area contributed by atoms with Gasteiger partial charge < -0.3 is 14.5 Å².